The summed E-state index contributed by atoms with van der Waals surface area (Å²) >= 11 is 1.59. The molecule has 0 fully saturated rings. The Morgan fingerprint density at radius 3 is 2.82 bits per heavy atom. The van der Waals surface area contributed by atoms with Crippen LogP contribution in [0, 0.1) is 0 Å². The van der Waals surface area contributed by atoms with Crippen LogP contribution >= 0.6 is 11.8 Å². The lowest BCUT2D eigenvalue weighted by molar-refractivity contribution is -0.116. The summed E-state index contributed by atoms with van der Waals surface area (Å²) in [5, 5.41) is 11.5. The van der Waals surface area contributed by atoms with Gasteiger partial charge in [0, 0.05) is 11.0 Å². The Morgan fingerprint density at radius 2 is 2.00 bits per heavy atom. The number of carbonyl (C=O) groups excluding carboxylic acids is 1. The Hall–Kier alpha value is -2.54. The summed E-state index contributed by atoms with van der Waals surface area (Å²) in [7, 11) is 0. The zero-order chi connectivity index (χ0) is 19.3. The van der Waals surface area contributed by atoms with E-state index >= 15 is 0 Å². The molecule has 1 N–H and O–H groups in total. The number of hydrogen-bond acceptors (Lipinski definition) is 6. The minimum atomic E-state index is -0.480. The quantitative estimate of drug-likeness (QED) is 0.730. The zero-order valence-corrected chi connectivity index (χ0v) is 16.7. The predicted octanol–water partition coefficient (Wildman–Crippen LogP) is 3.13. The minimum absolute atomic E-state index is 0.151. The lowest BCUT2D eigenvalue weighted by Gasteiger charge is -2.32. The van der Waals surface area contributed by atoms with E-state index in [9.17, 15) is 4.79 Å². The van der Waals surface area contributed by atoms with Gasteiger partial charge in [0.05, 0.1) is 11.6 Å². The van der Waals surface area contributed by atoms with Gasteiger partial charge in [0.15, 0.2) is 5.17 Å². The van der Waals surface area contributed by atoms with Gasteiger partial charge in [-0.1, -0.05) is 62.6 Å². The summed E-state index contributed by atoms with van der Waals surface area (Å²) in [6.45, 7) is 2.21. The normalized spacial score (nSPS) is 18.1. The van der Waals surface area contributed by atoms with Crippen molar-refractivity contribution in [3.8, 4) is 0 Å². The highest BCUT2D eigenvalue weighted by atomic mass is 32.2. The van der Waals surface area contributed by atoms with Crippen molar-refractivity contribution in [1.82, 2.24) is 10.3 Å². The molecule has 2 aromatic rings. The molecular formula is C21H24N4O2S. The molecule has 0 bridgehead atoms. The lowest BCUT2D eigenvalue weighted by atomic mass is 10.1. The largest absolute Gasteiger partial charge is 0.465 e. The second kappa shape index (κ2) is 8.65. The first-order valence-electron chi connectivity index (χ1n) is 9.80. The third kappa shape index (κ3) is 3.85. The molecule has 4 rings (SSSR count). The van der Waals surface area contributed by atoms with E-state index < -0.39 is 6.17 Å². The zero-order valence-electron chi connectivity index (χ0n) is 15.9. The van der Waals surface area contributed by atoms with Crippen molar-refractivity contribution in [3.63, 3.8) is 0 Å². The topological polar surface area (TPSA) is 70.2 Å². The molecule has 7 heteroatoms. The van der Waals surface area contributed by atoms with Gasteiger partial charge in [-0.25, -0.2) is 10.0 Å². The van der Waals surface area contributed by atoms with Crippen molar-refractivity contribution >= 4 is 28.5 Å². The number of hydrogen-bond donors (Lipinski definition) is 1. The number of hydrazone groups is 1. The summed E-state index contributed by atoms with van der Waals surface area (Å²) in [6.07, 6.45) is 7.24. The summed E-state index contributed by atoms with van der Waals surface area (Å²) in [4.78, 5) is 17.7. The Labute approximate surface area is 168 Å². The molecule has 2 aliphatic heterocycles. The average Bonchev–Trinajstić information content (AvgIpc) is 3.24. The number of carbonyl (C=O) groups is 1. The number of amidine groups is 1. The first kappa shape index (κ1) is 18.8. The number of furan rings is 1. The van der Waals surface area contributed by atoms with Gasteiger partial charge in [-0.2, -0.15) is 0 Å². The maximum absolute atomic E-state index is 12.9. The second-order valence-electron chi connectivity index (χ2n) is 6.85. The van der Waals surface area contributed by atoms with Crippen LogP contribution in [0.2, 0.25) is 0 Å². The summed E-state index contributed by atoms with van der Waals surface area (Å²) < 4.78 is 5.59. The van der Waals surface area contributed by atoms with Crippen LogP contribution in [-0.4, -0.2) is 21.8 Å². The maximum Gasteiger partial charge on any atom is 0.276 e. The number of amides is 1. The highest BCUT2D eigenvalue weighted by Gasteiger charge is 2.35. The van der Waals surface area contributed by atoms with Crippen LogP contribution in [0.4, 0.5) is 0 Å². The molecule has 1 unspecified atom stereocenters. The molecule has 0 saturated carbocycles. The molecule has 28 heavy (non-hydrogen) atoms. The Balaban J connectivity index is 1.61. The predicted molar refractivity (Wildman–Crippen MR) is 111 cm³/mol. The number of thioether (sulfide) groups is 1. The number of nitrogens with zero attached hydrogens (tertiary/aromatic N) is 3. The lowest BCUT2D eigenvalue weighted by Crippen LogP contribution is -2.50. The molecule has 1 aromatic carbocycles. The molecule has 0 radical (unpaired) electrons. The van der Waals surface area contributed by atoms with E-state index in [-0.39, 0.29) is 5.91 Å². The van der Waals surface area contributed by atoms with Crippen molar-refractivity contribution in [2.45, 2.75) is 45.2 Å². The molecule has 1 atom stereocenters. The number of para-hydroxylation sites is 1. The fraction of sp³-hybridized carbons (Fsp3) is 0.381. The number of benzene rings is 1. The third-order valence-corrected chi connectivity index (χ3v) is 5.75. The highest BCUT2D eigenvalue weighted by molar-refractivity contribution is 8.13. The van der Waals surface area contributed by atoms with Crippen molar-refractivity contribution in [3.05, 3.63) is 59.0 Å². The van der Waals surface area contributed by atoms with E-state index in [0.29, 0.717) is 16.6 Å². The van der Waals surface area contributed by atoms with Gasteiger partial charge in [-0.3, -0.25) is 10.1 Å². The summed E-state index contributed by atoms with van der Waals surface area (Å²) in [5.41, 5.74) is 0.513. The maximum atomic E-state index is 12.9. The van der Waals surface area contributed by atoms with Crippen LogP contribution < -0.4 is 15.9 Å². The van der Waals surface area contributed by atoms with E-state index in [1.807, 2.05) is 36.4 Å². The molecule has 0 aliphatic carbocycles. The van der Waals surface area contributed by atoms with Crippen LogP contribution in [-0.2, 0) is 4.79 Å². The average molecular weight is 397 g/mol. The van der Waals surface area contributed by atoms with E-state index in [1.54, 1.807) is 23.0 Å². The Bertz CT molecular complexity index is 984. The highest BCUT2D eigenvalue weighted by Crippen LogP contribution is 2.30. The van der Waals surface area contributed by atoms with Crippen LogP contribution in [0.5, 0.6) is 0 Å². The van der Waals surface area contributed by atoms with E-state index in [4.69, 9.17) is 14.5 Å². The van der Waals surface area contributed by atoms with Crippen molar-refractivity contribution in [2.24, 2.45) is 10.1 Å². The first-order valence-corrected chi connectivity index (χ1v) is 10.8. The van der Waals surface area contributed by atoms with Gasteiger partial charge < -0.3 is 4.42 Å². The Kier molecular flexibility index (Phi) is 5.81. The minimum Gasteiger partial charge on any atom is -0.465 e. The van der Waals surface area contributed by atoms with Gasteiger partial charge >= 0.3 is 0 Å². The molecule has 0 spiro atoms. The van der Waals surface area contributed by atoms with E-state index in [0.717, 1.165) is 22.7 Å². The fourth-order valence-corrected chi connectivity index (χ4v) is 4.24. The molecule has 2 aliphatic rings. The van der Waals surface area contributed by atoms with E-state index in [1.165, 1.54) is 25.7 Å². The third-order valence-electron chi connectivity index (χ3n) is 4.80. The fourth-order valence-electron chi connectivity index (χ4n) is 3.39. The number of rotatable bonds is 7. The number of unbranched alkanes of at least 4 members (excludes halogenated alkanes) is 4. The van der Waals surface area contributed by atoms with Crippen LogP contribution in [0.1, 0.15) is 51.0 Å². The van der Waals surface area contributed by atoms with Gasteiger partial charge in [0.1, 0.15) is 11.5 Å². The van der Waals surface area contributed by atoms with Gasteiger partial charge in [0.2, 0.25) is 6.17 Å². The van der Waals surface area contributed by atoms with Crippen LogP contribution in [0.25, 0.3) is 5.70 Å². The molecule has 0 saturated heterocycles. The Morgan fingerprint density at radius 1 is 1.14 bits per heavy atom. The SMILES string of the molecule is CCCCCCCSC1=NN2C(=c3ccccc3=NC2c2ccco2)C(=O)N1. The smallest absolute Gasteiger partial charge is 0.276 e. The monoisotopic (exact) mass is 396 g/mol. The number of fused-ring (bicyclic) bond motifs is 2. The van der Waals surface area contributed by atoms with Crippen LogP contribution in [0.15, 0.2) is 57.2 Å². The second-order valence-corrected chi connectivity index (χ2v) is 7.93. The summed E-state index contributed by atoms with van der Waals surface area (Å²) in [6, 6.07) is 11.3. The van der Waals surface area contributed by atoms with Crippen molar-refractivity contribution < 1.29 is 9.21 Å². The van der Waals surface area contributed by atoms with E-state index in [2.05, 4.69) is 12.2 Å². The molecule has 6 nitrogen and oxygen atoms in total. The van der Waals surface area contributed by atoms with Gasteiger partial charge in [-0.05, 0) is 24.6 Å². The van der Waals surface area contributed by atoms with Crippen molar-refractivity contribution in [1.29, 1.82) is 0 Å². The molecule has 3 heterocycles. The first-order chi connectivity index (χ1) is 13.8. The molecule has 1 aromatic heterocycles. The van der Waals surface area contributed by atoms with Crippen LogP contribution in [0.3, 0.4) is 0 Å². The van der Waals surface area contributed by atoms with Gasteiger partial charge in [0.25, 0.3) is 5.91 Å². The van der Waals surface area contributed by atoms with Crippen molar-refractivity contribution in [2.75, 3.05) is 5.75 Å². The number of nitrogens with one attached hydrogen (secondary N) is 1. The molecule has 146 valence electrons. The standard InChI is InChI=1S/C21H24N4O2S/c1-2-3-4-5-8-14-28-21-23-20(26)18-15-10-6-7-11-16(15)22-19(25(18)24-21)17-12-9-13-27-17/h6-7,9-13,19H,2-5,8,14H2,1H3,(H,23,24,26). The van der Waals surface area contributed by atoms with Gasteiger partial charge in [-0.15, -0.1) is 5.10 Å². The molecular weight excluding hydrogens is 372 g/mol. The summed E-state index contributed by atoms with van der Waals surface area (Å²) in [5.74, 6) is 1.45. The molecule has 1 amide bonds.